The summed E-state index contributed by atoms with van der Waals surface area (Å²) in [5.41, 5.74) is -0.683. The lowest BCUT2D eigenvalue weighted by Gasteiger charge is -2.23. The molecule has 0 heterocycles. The van der Waals surface area contributed by atoms with Crippen molar-refractivity contribution in [3.05, 3.63) is 35.4 Å². The van der Waals surface area contributed by atoms with E-state index in [1.165, 1.54) is 12.1 Å². The number of hydrogen-bond acceptors (Lipinski definition) is 3. The van der Waals surface area contributed by atoms with Gasteiger partial charge in [-0.2, -0.15) is 13.2 Å². The van der Waals surface area contributed by atoms with Crippen LogP contribution in [0.5, 0.6) is 0 Å². The molecule has 1 saturated carbocycles. The van der Waals surface area contributed by atoms with Gasteiger partial charge < -0.3 is 15.0 Å². The Morgan fingerprint density at radius 1 is 1.15 bits per heavy atom. The molecule has 27 heavy (non-hydrogen) atoms. The van der Waals surface area contributed by atoms with Gasteiger partial charge in [0.15, 0.2) is 0 Å². The maximum Gasteiger partial charge on any atom is 0.416 e. The van der Waals surface area contributed by atoms with Gasteiger partial charge in [0.25, 0.3) is 0 Å². The molecular weight excluding hydrogens is 361 g/mol. The van der Waals surface area contributed by atoms with Crippen molar-refractivity contribution in [2.75, 3.05) is 6.54 Å². The summed E-state index contributed by atoms with van der Waals surface area (Å²) in [5.74, 6) is -0.145. The lowest BCUT2D eigenvalue weighted by Crippen LogP contribution is -2.37. The van der Waals surface area contributed by atoms with Crippen molar-refractivity contribution in [1.82, 2.24) is 10.2 Å². The van der Waals surface area contributed by atoms with E-state index in [2.05, 4.69) is 5.32 Å². The van der Waals surface area contributed by atoms with Gasteiger partial charge in [-0.1, -0.05) is 12.1 Å². The average molecular weight is 386 g/mol. The molecule has 0 bridgehead atoms. The highest BCUT2D eigenvalue weighted by Gasteiger charge is 2.33. The van der Waals surface area contributed by atoms with Crippen molar-refractivity contribution >= 4 is 12.0 Å². The molecule has 1 aliphatic carbocycles. The summed E-state index contributed by atoms with van der Waals surface area (Å²) in [6, 6.07) is 4.94. The van der Waals surface area contributed by atoms with E-state index in [1.807, 2.05) is 0 Å². The van der Waals surface area contributed by atoms with E-state index >= 15 is 0 Å². The van der Waals surface area contributed by atoms with Crippen LogP contribution in [0.2, 0.25) is 0 Å². The normalized spacial score (nSPS) is 14.6. The Bertz CT molecular complexity index is 662. The second-order valence-electron chi connectivity index (χ2n) is 7.63. The molecule has 1 N–H and O–H groups in total. The van der Waals surface area contributed by atoms with Crippen molar-refractivity contribution in [3.8, 4) is 0 Å². The molecule has 1 aromatic rings. The zero-order valence-corrected chi connectivity index (χ0v) is 15.7. The molecule has 0 unspecified atom stereocenters. The Morgan fingerprint density at radius 3 is 2.22 bits per heavy atom. The second kappa shape index (κ2) is 8.19. The highest BCUT2D eigenvalue weighted by atomic mass is 19.4. The minimum atomic E-state index is -4.38. The Hall–Kier alpha value is -2.25. The largest absolute Gasteiger partial charge is 0.444 e. The fourth-order valence-corrected chi connectivity index (χ4v) is 2.53. The molecule has 2 amide bonds. The predicted octanol–water partition coefficient (Wildman–Crippen LogP) is 4.11. The minimum Gasteiger partial charge on any atom is -0.444 e. The third kappa shape index (κ3) is 7.11. The second-order valence-corrected chi connectivity index (χ2v) is 7.63. The first kappa shape index (κ1) is 21.1. The smallest absolute Gasteiger partial charge is 0.416 e. The van der Waals surface area contributed by atoms with E-state index in [0.717, 1.165) is 25.0 Å². The quantitative estimate of drug-likeness (QED) is 0.800. The van der Waals surface area contributed by atoms with Gasteiger partial charge in [-0.15, -0.1) is 0 Å². The summed E-state index contributed by atoms with van der Waals surface area (Å²) in [6.07, 6.45) is -3.09. The lowest BCUT2D eigenvalue weighted by molar-refractivity contribution is -0.137. The van der Waals surface area contributed by atoms with E-state index < -0.39 is 23.4 Å². The molecule has 0 aliphatic heterocycles. The Kier molecular flexibility index (Phi) is 6.38. The molecule has 0 saturated heterocycles. The number of amides is 2. The van der Waals surface area contributed by atoms with Crippen LogP contribution in [-0.2, 0) is 22.3 Å². The monoisotopic (exact) mass is 386 g/mol. The predicted molar refractivity (Wildman–Crippen MR) is 93.9 cm³/mol. The minimum absolute atomic E-state index is 0.108. The van der Waals surface area contributed by atoms with Crippen LogP contribution in [0.25, 0.3) is 0 Å². The van der Waals surface area contributed by atoms with Crippen LogP contribution in [-0.4, -0.2) is 35.1 Å². The van der Waals surface area contributed by atoms with Gasteiger partial charge in [0.05, 0.1) is 5.56 Å². The first-order valence-electron chi connectivity index (χ1n) is 8.88. The van der Waals surface area contributed by atoms with Crippen LogP contribution < -0.4 is 5.32 Å². The maximum absolute atomic E-state index is 12.6. The van der Waals surface area contributed by atoms with Crippen LogP contribution in [0.1, 0.15) is 51.2 Å². The lowest BCUT2D eigenvalue weighted by atomic mass is 10.1. The summed E-state index contributed by atoms with van der Waals surface area (Å²) in [6.45, 7) is 5.64. The van der Waals surface area contributed by atoms with Gasteiger partial charge in [-0.3, -0.25) is 4.79 Å². The number of halogens is 3. The maximum atomic E-state index is 12.6. The van der Waals surface area contributed by atoms with Crippen molar-refractivity contribution in [1.29, 1.82) is 0 Å². The Labute approximate surface area is 156 Å². The van der Waals surface area contributed by atoms with E-state index in [4.69, 9.17) is 4.74 Å². The Morgan fingerprint density at radius 2 is 1.74 bits per heavy atom. The molecule has 1 fully saturated rings. The summed E-state index contributed by atoms with van der Waals surface area (Å²) in [4.78, 5) is 25.8. The number of nitrogens with zero attached hydrogens (tertiary/aromatic N) is 1. The van der Waals surface area contributed by atoms with Crippen LogP contribution in [0.4, 0.5) is 18.0 Å². The number of alkyl halides is 3. The number of hydrogen-bond donors (Lipinski definition) is 1. The number of nitrogens with one attached hydrogen (secondary N) is 1. The molecule has 0 radical (unpaired) electrons. The molecule has 1 aliphatic rings. The van der Waals surface area contributed by atoms with Gasteiger partial charge in [0, 0.05) is 25.6 Å². The molecule has 0 atom stereocenters. The number of benzene rings is 1. The molecule has 0 spiro atoms. The van der Waals surface area contributed by atoms with E-state index in [0.29, 0.717) is 5.56 Å². The van der Waals surface area contributed by atoms with Crippen molar-refractivity contribution in [2.24, 2.45) is 0 Å². The van der Waals surface area contributed by atoms with Crippen LogP contribution in [0.15, 0.2) is 24.3 Å². The average Bonchev–Trinajstić information content (AvgIpc) is 3.35. The molecule has 0 aromatic heterocycles. The van der Waals surface area contributed by atoms with E-state index in [1.54, 1.807) is 25.7 Å². The van der Waals surface area contributed by atoms with Crippen molar-refractivity contribution in [2.45, 2.75) is 64.4 Å². The van der Waals surface area contributed by atoms with Crippen molar-refractivity contribution < 1.29 is 27.5 Å². The van der Waals surface area contributed by atoms with Crippen molar-refractivity contribution in [3.63, 3.8) is 0 Å². The zero-order chi connectivity index (χ0) is 20.2. The zero-order valence-electron chi connectivity index (χ0n) is 15.7. The first-order chi connectivity index (χ1) is 12.5. The number of carbonyl (C=O) groups is 2. The SMILES string of the molecule is CC(C)(C)OC(=O)NCCC(=O)N(Cc1ccc(C(F)(F)F)cc1)C1CC1. The summed E-state index contributed by atoms with van der Waals surface area (Å²) in [5, 5.41) is 2.54. The molecule has 5 nitrogen and oxygen atoms in total. The fourth-order valence-electron chi connectivity index (χ4n) is 2.53. The molecule has 2 rings (SSSR count). The highest BCUT2D eigenvalue weighted by molar-refractivity contribution is 5.78. The van der Waals surface area contributed by atoms with Gasteiger partial charge in [-0.25, -0.2) is 4.79 Å². The molecule has 8 heteroatoms. The van der Waals surface area contributed by atoms with Crippen LogP contribution >= 0.6 is 0 Å². The molecule has 1 aromatic carbocycles. The van der Waals surface area contributed by atoms with Gasteiger partial charge in [-0.05, 0) is 51.3 Å². The third-order valence-corrected chi connectivity index (χ3v) is 3.95. The number of carbonyl (C=O) groups excluding carboxylic acids is 2. The number of alkyl carbamates (subject to hydrolysis) is 1. The van der Waals surface area contributed by atoms with E-state index in [9.17, 15) is 22.8 Å². The molecule has 150 valence electrons. The van der Waals surface area contributed by atoms with Crippen LogP contribution in [0.3, 0.4) is 0 Å². The van der Waals surface area contributed by atoms with Crippen LogP contribution in [0, 0.1) is 0 Å². The third-order valence-electron chi connectivity index (χ3n) is 3.95. The fraction of sp³-hybridized carbons (Fsp3) is 0.579. The number of rotatable bonds is 6. The first-order valence-corrected chi connectivity index (χ1v) is 8.88. The summed E-state index contributed by atoms with van der Waals surface area (Å²) in [7, 11) is 0. The Balaban J connectivity index is 1.87. The van der Waals surface area contributed by atoms with E-state index in [-0.39, 0.29) is 31.5 Å². The topological polar surface area (TPSA) is 58.6 Å². The van der Waals surface area contributed by atoms with Gasteiger partial charge >= 0.3 is 12.3 Å². The highest BCUT2D eigenvalue weighted by Crippen LogP contribution is 2.31. The standard InChI is InChI=1S/C19H25F3N2O3/c1-18(2,3)27-17(26)23-11-10-16(25)24(15-8-9-15)12-13-4-6-14(7-5-13)19(20,21)22/h4-7,15H,8-12H2,1-3H3,(H,23,26). The summed E-state index contributed by atoms with van der Waals surface area (Å²) >= 11 is 0. The molecular formula is C19H25F3N2O3. The van der Waals surface area contributed by atoms with Gasteiger partial charge in [0.2, 0.25) is 5.91 Å². The van der Waals surface area contributed by atoms with Gasteiger partial charge in [0.1, 0.15) is 5.60 Å². The summed E-state index contributed by atoms with van der Waals surface area (Å²) < 4.78 is 43.0. The number of ether oxygens (including phenoxy) is 1.